The molecule has 2 fully saturated rings. The molecule has 1 saturated heterocycles. The molecule has 0 N–H and O–H groups in total. The van der Waals surface area contributed by atoms with E-state index in [0.29, 0.717) is 12.2 Å². The Morgan fingerprint density at radius 3 is 2.80 bits per heavy atom. The maximum absolute atomic E-state index is 5.77. The van der Waals surface area contributed by atoms with E-state index in [2.05, 4.69) is 6.92 Å². The first-order chi connectivity index (χ1) is 4.86. The van der Waals surface area contributed by atoms with E-state index in [1.54, 1.807) is 0 Å². The van der Waals surface area contributed by atoms with Crippen LogP contribution < -0.4 is 0 Å². The molecule has 0 aromatic carbocycles. The van der Waals surface area contributed by atoms with Gasteiger partial charge in [0.25, 0.3) is 0 Å². The minimum Gasteiger partial charge on any atom is -0.375 e. The summed E-state index contributed by atoms with van der Waals surface area (Å²) in [4.78, 5) is 0. The highest BCUT2D eigenvalue weighted by atomic mass is 16.5. The Kier molecular flexibility index (Phi) is 1.69. The highest BCUT2D eigenvalue weighted by Gasteiger charge is 2.34. The molecule has 0 aromatic heterocycles. The molecule has 58 valence electrons. The second kappa shape index (κ2) is 2.54. The van der Waals surface area contributed by atoms with Crippen molar-refractivity contribution < 1.29 is 4.74 Å². The van der Waals surface area contributed by atoms with Crippen LogP contribution in [0.25, 0.3) is 0 Å². The van der Waals surface area contributed by atoms with Crippen molar-refractivity contribution in [2.45, 2.75) is 51.2 Å². The van der Waals surface area contributed by atoms with E-state index < -0.39 is 0 Å². The summed E-state index contributed by atoms with van der Waals surface area (Å²) in [7, 11) is 0. The van der Waals surface area contributed by atoms with E-state index in [4.69, 9.17) is 4.74 Å². The summed E-state index contributed by atoms with van der Waals surface area (Å²) in [6.07, 6.45) is 8.11. The van der Waals surface area contributed by atoms with Crippen LogP contribution in [0.3, 0.4) is 0 Å². The van der Waals surface area contributed by atoms with Gasteiger partial charge in [0.15, 0.2) is 0 Å². The van der Waals surface area contributed by atoms with Gasteiger partial charge in [-0.3, -0.25) is 0 Å². The van der Waals surface area contributed by atoms with Gasteiger partial charge in [0.05, 0.1) is 12.2 Å². The van der Waals surface area contributed by atoms with Crippen LogP contribution in [0.5, 0.6) is 0 Å². The number of hydrogen-bond donors (Lipinski definition) is 0. The minimum atomic E-state index is 0.549. The van der Waals surface area contributed by atoms with Crippen LogP contribution in [-0.2, 0) is 4.74 Å². The average Bonchev–Trinajstić information content (AvgIpc) is 2.27. The topological polar surface area (TPSA) is 9.23 Å². The van der Waals surface area contributed by atoms with E-state index in [1.807, 2.05) is 0 Å². The lowest BCUT2D eigenvalue weighted by atomic mass is 9.86. The molecule has 2 unspecified atom stereocenters. The first-order valence-corrected chi connectivity index (χ1v) is 4.52. The van der Waals surface area contributed by atoms with Crippen molar-refractivity contribution in [1.82, 2.24) is 0 Å². The zero-order valence-electron chi connectivity index (χ0n) is 6.68. The summed E-state index contributed by atoms with van der Waals surface area (Å²) in [6, 6.07) is 0. The molecule has 1 nitrogen and oxygen atoms in total. The number of rotatable bonds is 0. The Morgan fingerprint density at radius 1 is 1.20 bits per heavy atom. The van der Waals surface area contributed by atoms with Crippen molar-refractivity contribution in [3.05, 3.63) is 0 Å². The van der Waals surface area contributed by atoms with Gasteiger partial charge in [0.2, 0.25) is 0 Å². The molecule has 2 aliphatic rings. The number of hydrogen-bond acceptors (Lipinski definition) is 1. The Bertz CT molecular complexity index is 108. The van der Waals surface area contributed by atoms with Crippen LogP contribution in [0.2, 0.25) is 0 Å². The normalized spacial score (nSPS) is 47.1. The monoisotopic (exact) mass is 140 g/mol. The Morgan fingerprint density at radius 2 is 2.00 bits per heavy atom. The van der Waals surface area contributed by atoms with Crippen molar-refractivity contribution >= 4 is 0 Å². The van der Waals surface area contributed by atoms with Gasteiger partial charge in [-0.25, -0.2) is 0 Å². The largest absolute Gasteiger partial charge is 0.375 e. The molecule has 1 aliphatic heterocycles. The van der Waals surface area contributed by atoms with Crippen LogP contribution in [0.15, 0.2) is 0 Å². The van der Waals surface area contributed by atoms with Crippen LogP contribution >= 0.6 is 0 Å². The van der Waals surface area contributed by atoms with Crippen LogP contribution in [0.4, 0.5) is 0 Å². The van der Waals surface area contributed by atoms with Gasteiger partial charge in [-0.15, -0.1) is 0 Å². The third-order valence-electron chi connectivity index (χ3n) is 2.88. The van der Waals surface area contributed by atoms with Crippen LogP contribution in [0, 0.1) is 5.92 Å². The fourth-order valence-corrected chi connectivity index (χ4v) is 2.40. The summed E-state index contributed by atoms with van der Waals surface area (Å²) in [6.45, 7) is 2.21. The molecule has 0 spiro atoms. The Balaban J connectivity index is 1.97. The van der Waals surface area contributed by atoms with E-state index >= 15 is 0 Å². The van der Waals surface area contributed by atoms with Gasteiger partial charge in [-0.2, -0.15) is 0 Å². The van der Waals surface area contributed by atoms with Crippen LogP contribution in [-0.4, -0.2) is 12.2 Å². The second-order valence-electron chi connectivity index (χ2n) is 3.77. The van der Waals surface area contributed by atoms with Crippen molar-refractivity contribution in [1.29, 1.82) is 0 Å². The third kappa shape index (κ3) is 1.07. The van der Waals surface area contributed by atoms with Crippen molar-refractivity contribution in [2.75, 3.05) is 0 Å². The maximum atomic E-state index is 5.77. The lowest BCUT2D eigenvalue weighted by Gasteiger charge is -2.23. The smallest absolute Gasteiger partial charge is 0.0607 e. The zero-order valence-corrected chi connectivity index (χ0v) is 6.68. The molecular weight excluding hydrogens is 124 g/mol. The van der Waals surface area contributed by atoms with E-state index in [0.717, 1.165) is 5.92 Å². The molecule has 2 rings (SSSR count). The van der Waals surface area contributed by atoms with Gasteiger partial charge in [-0.05, 0) is 32.1 Å². The van der Waals surface area contributed by atoms with Gasteiger partial charge in [0.1, 0.15) is 0 Å². The highest BCUT2D eigenvalue weighted by Crippen LogP contribution is 2.36. The minimum absolute atomic E-state index is 0.549. The van der Waals surface area contributed by atoms with Crippen molar-refractivity contribution in [3.63, 3.8) is 0 Å². The highest BCUT2D eigenvalue weighted by molar-refractivity contribution is 4.83. The predicted molar refractivity (Wildman–Crippen MR) is 40.9 cm³/mol. The summed E-state index contributed by atoms with van der Waals surface area (Å²) >= 11 is 0. The zero-order chi connectivity index (χ0) is 6.97. The molecule has 1 saturated carbocycles. The third-order valence-corrected chi connectivity index (χ3v) is 2.88. The summed E-state index contributed by atoms with van der Waals surface area (Å²) in [5, 5.41) is 0. The van der Waals surface area contributed by atoms with Gasteiger partial charge in [-0.1, -0.05) is 12.8 Å². The second-order valence-corrected chi connectivity index (χ2v) is 3.77. The molecule has 0 bridgehead atoms. The standard InChI is InChI=1S/C9H16O/c1-7-6-8-4-2-3-5-9(8)10-7/h7-9H,2-6H2,1H3/t7-,8?,9?/m1/s1. The number of fused-ring (bicyclic) bond motifs is 1. The Hall–Kier alpha value is -0.0400. The lowest BCUT2D eigenvalue weighted by Crippen LogP contribution is -2.19. The molecule has 0 amide bonds. The van der Waals surface area contributed by atoms with E-state index in [1.165, 1.54) is 32.1 Å². The number of ether oxygens (including phenoxy) is 1. The fourth-order valence-electron chi connectivity index (χ4n) is 2.40. The summed E-state index contributed by atoms with van der Waals surface area (Å²) in [5.74, 6) is 0.920. The van der Waals surface area contributed by atoms with Gasteiger partial charge >= 0.3 is 0 Å². The molecule has 0 aromatic rings. The average molecular weight is 140 g/mol. The molecule has 10 heavy (non-hydrogen) atoms. The van der Waals surface area contributed by atoms with Crippen molar-refractivity contribution in [2.24, 2.45) is 5.92 Å². The quantitative estimate of drug-likeness (QED) is 0.502. The fraction of sp³-hybridized carbons (Fsp3) is 1.00. The molecule has 1 heterocycles. The molecule has 3 atom stereocenters. The molecule has 1 aliphatic carbocycles. The van der Waals surface area contributed by atoms with E-state index in [-0.39, 0.29) is 0 Å². The van der Waals surface area contributed by atoms with Gasteiger partial charge < -0.3 is 4.74 Å². The Labute approximate surface area is 62.8 Å². The summed E-state index contributed by atoms with van der Waals surface area (Å²) < 4.78 is 5.77. The first-order valence-electron chi connectivity index (χ1n) is 4.52. The molecule has 1 heteroatoms. The predicted octanol–water partition coefficient (Wildman–Crippen LogP) is 2.35. The van der Waals surface area contributed by atoms with E-state index in [9.17, 15) is 0 Å². The lowest BCUT2D eigenvalue weighted by molar-refractivity contribution is 0.0272. The van der Waals surface area contributed by atoms with Crippen LogP contribution in [0.1, 0.15) is 39.0 Å². The maximum Gasteiger partial charge on any atom is 0.0607 e. The molecular formula is C9H16O. The summed E-state index contributed by atoms with van der Waals surface area (Å²) in [5.41, 5.74) is 0. The first kappa shape index (κ1) is 6.66. The van der Waals surface area contributed by atoms with Gasteiger partial charge in [0, 0.05) is 0 Å². The SMILES string of the molecule is C[C@@H]1CC2CCCCC2O1. The van der Waals surface area contributed by atoms with Crippen molar-refractivity contribution in [3.8, 4) is 0 Å². The molecule has 0 radical (unpaired) electrons.